The Hall–Kier alpha value is -2.58. The van der Waals surface area contributed by atoms with Gasteiger partial charge in [0.25, 0.3) is 0 Å². The number of rotatable bonds is 10. The standard InChI is InChI=1S/C27H30O6/c28-24-26(32-18-22-14-8-3-9-15-22)25(31-17-21-12-6-2-7-13-21)23(33-27(24)29)19-30-16-20-10-4-1-5-11-20/h1-15,23-29H,16-19H2/t23-,24-,25?,26-,27?/m1/s1. The topological polar surface area (TPSA) is 77.4 Å². The number of aliphatic hydroxyl groups excluding tert-OH is 2. The lowest BCUT2D eigenvalue weighted by Gasteiger charge is -2.42. The fourth-order valence-electron chi connectivity index (χ4n) is 3.84. The highest BCUT2D eigenvalue weighted by Crippen LogP contribution is 2.27. The summed E-state index contributed by atoms with van der Waals surface area (Å²) in [5.41, 5.74) is 2.99. The van der Waals surface area contributed by atoms with Crippen LogP contribution in [0.5, 0.6) is 0 Å². The minimum absolute atomic E-state index is 0.184. The molecule has 0 aromatic heterocycles. The number of ether oxygens (including phenoxy) is 4. The van der Waals surface area contributed by atoms with Crippen LogP contribution in [0.3, 0.4) is 0 Å². The molecular formula is C27H30O6. The molecule has 6 nitrogen and oxygen atoms in total. The van der Waals surface area contributed by atoms with Gasteiger partial charge in [0.05, 0.1) is 26.4 Å². The van der Waals surface area contributed by atoms with Gasteiger partial charge in [-0.3, -0.25) is 0 Å². The minimum atomic E-state index is -1.40. The van der Waals surface area contributed by atoms with E-state index in [0.717, 1.165) is 16.7 Å². The molecule has 3 aromatic rings. The molecule has 4 rings (SSSR count). The Balaban J connectivity index is 1.46. The Bertz CT molecular complexity index is 937. The van der Waals surface area contributed by atoms with Crippen molar-refractivity contribution in [2.24, 2.45) is 0 Å². The third kappa shape index (κ3) is 6.71. The van der Waals surface area contributed by atoms with E-state index in [1.54, 1.807) is 0 Å². The second-order valence-electron chi connectivity index (χ2n) is 8.08. The zero-order chi connectivity index (χ0) is 22.9. The summed E-state index contributed by atoms with van der Waals surface area (Å²) >= 11 is 0. The number of benzene rings is 3. The number of hydrogen-bond acceptors (Lipinski definition) is 6. The van der Waals surface area contributed by atoms with Crippen LogP contribution in [0.4, 0.5) is 0 Å². The van der Waals surface area contributed by atoms with E-state index in [1.165, 1.54) is 0 Å². The fraction of sp³-hybridized carbons (Fsp3) is 0.333. The smallest absolute Gasteiger partial charge is 0.184 e. The monoisotopic (exact) mass is 450 g/mol. The summed E-state index contributed by atoms with van der Waals surface area (Å²) in [4.78, 5) is 0. The molecule has 0 radical (unpaired) electrons. The molecule has 0 spiro atoms. The van der Waals surface area contributed by atoms with Crippen LogP contribution in [0.2, 0.25) is 0 Å². The predicted octanol–water partition coefficient (Wildman–Crippen LogP) is 3.45. The summed E-state index contributed by atoms with van der Waals surface area (Å²) in [5, 5.41) is 21.1. The first-order valence-corrected chi connectivity index (χ1v) is 11.1. The van der Waals surface area contributed by atoms with Crippen molar-refractivity contribution in [2.45, 2.75) is 50.5 Å². The van der Waals surface area contributed by atoms with Gasteiger partial charge in [0, 0.05) is 0 Å². The first-order chi connectivity index (χ1) is 16.2. The third-order valence-electron chi connectivity index (χ3n) is 5.60. The van der Waals surface area contributed by atoms with Gasteiger partial charge in [-0.1, -0.05) is 91.0 Å². The van der Waals surface area contributed by atoms with Crippen LogP contribution in [-0.2, 0) is 38.8 Å². The Kier molecular flexibility index (Phi) is 8.60. The van der Waals surface area contributed by atoms with E-state index < -0.39 is 30.7 Å². The molecule has 33 heavy (non-hydrogen) atoms. The van der Waals surface area contributed by atoms with Crippen molar-refractivity contribution < 1.29 is 29.2 Å². The Labute approximate surface area is 194 Å². The lowest BCUT2D eigenvalue weighted by molar-refractivity contribution is -0.307. The Morgan fingerprint density at radius 2 is 1.06 bits per heavy atom. The van der Waals surface area contributed by atoms with Crippen LogP contribution in [0.25, 0.3) is 0 Å². The molecule has 1 fully saturated rings. The summed E-state index contributed by atoms with van der Waals surface area (Å²) in [5.74, 6) is 0. The molecule has 0 aliphatic carbocycles. The Morgan fingerprint density at radius 1 is 0.606 bits per heavy atom. The van der Waals surface area contributed by atoms with Crippen molar-refractivity contribution in [2.75, 3.05) is 6.61 Å². The number of aliphatic hydroxyl groups is 2. The van der Waals surface area contributed by atoms with Gasteiger partial charge < -0.3 is 29.2 Å². The van der Waals surface area contributed by atoms with E-state index in [1.807, 2.05) is 91.0 Å². The highest BCUT2D eigenvalue weighted by Gasteiger charge is 2.46. The van der Waals surface area contributed by atoms with Gasteiger partial charge in [0.2, 0.25) is 0 Å². The van der Waals surface area contributed by atoms with Crippen molar-refractivity contribution >= 4 is 0 Å². The van der Waals surface area contributed by atoms with E-state index in [9.17, 15) is 10.2 Å². The molecule has 1 aliphatic heterocycles. The average molecular weight is 451 g/mol. The Morgan fingerprint density at radius 3 is 1.58 bits per heavy atom. The van der Waals surface area contributed by atoms with Gasteiger partial charge >= 0.3 is 0 Å². The maximum absolute atomic E-state index is 10.7. The summed E-state index contributed by atoms with van der Waals surface area (Å²) in [6.07, 6.45) is -4.68. The van der Waals surface area contributed by atoms with E-state index in [-0.39, 0.29) is 13.2 Å². The molecule has 2 unspecified atom stereocenters. The quantitative estimate of drug-likeness (QED) is 0.493. The minimum Gasteiger partial charge on any atom is -0.385 e. The molecular weight excluding hydrogens is 420 g/mol. The van der Waals surface area contributed by atoms with Crippen molar-refractivity contribution in [1.29, 1.82) is 0 Å². The third-order valence-corrected chi connectivity index (χ3v) is 5.60. The maximum atomic E-state index is 10.7. The SMILES string of the molecule is OC1O[C@H](COCc2ccccc2)C(OCc2ccccc2)[C@H](OCc2ccccc2)[C@H]1O. The summed E-state index contributed by atoms with van der Waals surface area (Å²) in [6, 6.07) is 29.3. The highest BCUT2D eigenvalue weighted by molar-refractivity contribution is 5.15. The van der Waals surface area contributed by atoms with Crippen molar-refractivity contribution in [3.05, 3.63) is 108 Å². The second-order valence-corrected chi connectivity index (χ2v) is 8.08. The van der Waals surface area contributed by atoms with Crippen LogP contribution in [0.15, 0.2) is 91.0 Å². The fourth-order valence-corrected chi connectivity index (χ4v) is 3.84. The van der Waals surface area contributed by atoms with Gasteiger partial charge in [0.15, 0.2) is 6.29 Å². The first-order valence-electron chi connectivity index (χ1n) is 11.1. The van der Waals surface area contributed by atoms with Crippen LogP contribution in [0, 0.1) is 0 Å². The molecule has 1 heterocycles. The van der Waals surface area contributed by atoms with Gasteiger partial charge in [-0.2, -0.15) is 0 Å². The highest BCUT2D eigenvalue weighted by atomic mass is 16.7. The molecule has 6 heteroatoms. The van der Waals surface area contributed by atoms with Crippen LogP contribution < -0.4 is 0 Å². The summed E-state index contributed by atoms with van der Waals surface area (Å²) in [6.45, 7) is 1.18. The van der Waals surface area contributed by atoms with Crippen molar-refractivity contribution in [1.82, 2.24) is 0 Å². The molecule has 0 saturated carbocycles. The van der Waals surface area contributed by atoms with E-state index >= 15 is 0 Å². The maximum Gasteiger partial charge on any atom is 0.184 e. The zero-order valence-electron chi connectivity index (χ0n) is 18.4. The largest absolute Gasteiger partial charge is 0.385 e. The normalized spacial score (nSPS) is 25.1. The van der Waals surface area contributed by atoms with Gasteiger partial charge in [-0.05, 0) is 16.7 Å². The van der Waals surface area contributed by atoms with Crippen molar-refractivity contribution in [3.8, 4) is 0 Å². The van der Waals surface area contributed by atoms with Crippen LogP contribution in [-0.4, -0.2) is 47.5 Å². The summed E-state index contributed by atoms with van der Waals surface area (Å²) < 4.78 is 23.9. The van der Waals surface area contributed by atoms with Gasteiger partial charge in [0.1, 0.15) is 24.4 Å². The molecule has 0 amide bonds. The zero-order valence-corrected chi connectivity index (χ0v) is 18.4. The molecule has 3 aromatic carbocycles. The summed E-state index contributed by atoms with van der Waals surface area (Å²) in [7, 11) is 0. The van der Waals surface area contributed by atoms with Crippen LogP contribution in [0.1, 0.15) is 16.7 Å². The molecule has 2 N–H and O–H groups in total. The van der Waals surface area contributed by atoms with E-state index in [4.69, 9.17) is 18.9 Å². The predicted molar refractivity (Wildman–Crippen MR) is 123 cm³/mol. The number of hydrogen-bond donors (Lipinski definition) is 2. The van der Waals surface area contributed by atoms with E-state index in [2.05, 4.69) is 0 Å². The van der Waals surface area contributed by atoms with Gasteiger partial charge in [-0.25, -0.2) is 0 Å². The average Bonchev–Trinajstić information content (AvgIpc) is 2.86. The second kappa shape index (κ2) is 12.0. The molecule has 0 bridgehead atoms. The lowest BCUT2D eigenvalue weighted by atomic mass is 9.98. The molecule has 5 atom stereocenters. The lowest BCUT2D eigenvalue weighted by Crippen LogP contribution is -2.60. The van der Waals surface area contributed by atoms with E-state index in [0.29, 0.717) is 13.2 Å². The molecule has 1 saturated heterocycles. The van der Waals surface area contributed by atoms with Crippen molar-refractivity contribution in [3.63, 3.8) is 0 Å². The van der Waals surface area contributed by atoms with Gasteiger partial charge in [-0.15, -0.1) is 0 Å². The molecule has 174 valence electrons. The first kappa shape index (κ1) is 23.6. The molecule has 1 aliphatic rings. The van der Waals surface area contributed by atoms with Crippen LogP contribution >= 0.6 is 0 Å².